The van der Waals surface area contributed by atoms with Crippen LogP contribution in [0.2, 0.25) is 0 Å². The Morgan fingerprint density at radius 3 is 2.55 bits per heavy atom. The van der Waals surface area contributed by atoms with Gasteiger partial charge in [0.15, 0.2) is 11.5 Å². The maximum atomic E-state index is 12.8. The Hall–Kier alpha value is -2.84. The molecule has 0 amide bonds. The zero-order valence-corrected chi connectivity index (χ0v) is 17.5. The van der Waals surface area contributed by atoms with Crippen molar-refractivity contribution in [3.8, 4) is 11.4 Å². The summed E-state index contributed by atoms with van der Waals surface area (Å²) in [5, 5.41) is 15.3. The van der Waals surface area contributed by atoms with Crippen LogP contribution in [0.5, 0.6) is 0 Å². The molecule has 150 valence electrons. The highest BCUT2D eigenvalue weighted by molar-refractivity contribution is 7.89. The van der Waals surface area contributed by atoms with Gasteiger partial charge >= 0.3 is 0 Å². The first kappa shape index (κ1) is 19.5. The molecule has 0 fully saturated rings. The van der Waals surface area contributed by atoms with E-state index in [1.54, 1.807) is 23.6 Å². The summed E-state index contributed by atoms with van der Waals surface area (Å²) < 4.78 is 29.9. The van der Waals surface area contributed by atoms with Gasteiger partial charge in [-0.2, -0.15) is 9.61 Å². The van der Waals surface area contributed by atoms with Crippen molar-refractivity contribution in [1.82, 2.24) is 24.5 Å². The molecule has 0 unspecified atom stereocenters. The van der Waals surface area contributed by atoms with Gasteiger partial charge in [-0.1, -0.05) is 49.7 Å². The molecule has 0 aliphatic heterocycles. The van der Waals surface area contributed by atoms with Gasteiger partial charge in [-0.3, -0.25) is 0 Å². The Labute approximate surface area is 169 Å². The highest BCUT2D eigenvalue weighted by atomic mass is 32.2. The molecule has 0 saturated carbocycles. The fraction of sp³-hybridized carbons (Fsp3) is 0.286. The smallest absolute Gasteiger partial charge is 0.211 e. The second-order valence-corrected chi connectivity index (χ2v) is 8.86. The van der Waals surface area contributed by atoms with Crippen molar-refractivity contribution in [2.75, 3.05) is 6.54 Å². The molecule has 0 saturated heterocycles. The summed E-state index contributed by atoms with van der Waals surface area (Å²) in [4.78, 5) is 0.250. The summed E-state index contributed by atoms with van der Waals surface area (Å²) in [5.41, 5.74) is 2.84. The third-order valence-corrected chi connectivity index (χ3v) is 6.61. The average Bonchev–Trinajstić information content (AvgIpc) is 3.12. The van der Waals surface area contributed by atoms with Crippen LogP contribution in [0.15, 0.2) is 47.4 Å². The van der Waals surface area contributed by atoms with Gasteiger partial charge in [0.05, 0.1) is 10.6 Å². The zero-order chi connectivity index (χ0) is 20.6. The van der Waals surface area contributed by atoms with E-state index in [9.17, 15) is 8.42 Å². The van der Waals surface area contributed by atoms with Crippen LogP contribution in [0.25, 0.3) is 27.8 Å². The minimum Gasteiger partial charge on any atom is -0.211 e. The van der Waals surface area contributed by atoms with E-state index in [1.807, 2.05) is 44.2 Å². The molecule has 4 aromatic rings. The van der Waals surface area contributed by atoms with E-state index >= 15 is 0 Å². The Balaban J connectivity index is 1.85. The van der Waals surface area contributed by atoms with Crippen LogP contribution in [0.1, 0.15) is 31.0 Å². The van der Waals surface area contributed by atoms with Gasteiger partial charge in [-0.15, -0.1) is 10.2 Å². The topological polar surface area (TPSA) is 89.2 Å². The van der Waals surface area contributed by atoms with Crippen molar-refractivity contribution in [3.63, 3.8) is 0 Å². The van der Waals surface area contributed by atoms with Gasteiger partial charge in [0.25, 0.3) is 0 Å². The van der Waals surface area contributed by atoms with Crippen LogP contribution in [-0.4, -0.2) is 34.8 Å². The maximum absolute atomic E-state index is 12.8. The minimum atomic E-state index is -3.60. The van der Waals surface area contributed by atoms with E-state index in [2.05, 4.69) is 20.0 Å². The molecule has 1 N–H and O–H groups in total. The normalized spacial score (nSPS) is 12.1. The number of nitrogens with zero attached hydrogens (tertiary/aromatic N) is 4. The lowest BCUT2D eigenvalue weighted by molar-refractivity contribution is 0.578. The molecule has 0 bridgehead atoms. The maximum Gasteiger partial charge on any atom is 0.240 e. The molecular formula is C21H23N5O2S. The summed E-state index contributed by atoms with van der Waals surface area (Å²) in [7, 11) is -3.60. The molecule has 4 rings (SSSR count). The second kappa shape index (κ2) is 7.53. The van der Waals surface area contributed by atoms with Crippen LogP contribution in [0.3, 0.4) is 0 Å². The number of fused-ring (bicyclic) bond motifs is 3. The summed E-state index contributed by atoms with van der Waals surface area (Å²) >= 11 is 0. The van der Waals surface area contributed by atoms with Crippen LogP contribution < -0.4 is 4.72 Å². The van der Waals surface area contributed by atoms with Gasteiger partial charge in [-0.05, 0) is 31.9 Å². The van der Waals surface area contributed by atoms with E-state index in [1.165, 1.54) is 0 Å². The Kier molecular flexibility index (Phi) is 5.06. The van der Waals surface area contributed by atoms with Gasteiger partial charge in [0.2, 0.25) is 10.0 Å². The number of aromatic nitrogens is 4. The van der Waals surface area contributed by atoms with Crippen LogP contribution >= 0.6 is 0 Å². The molecule has 2 aromatic carbocycles. The zero-order valence-electron chi connectivity index (χ0n) is 16.7. The molecular weight excluding hydrogens is 386 g/mol. The SMILES string of the molecule is CCCCNS(=O)(=O)c1cc(-c2nnc3c4ccccc4c(C)nn23)ccc1C. The molecule has 8 heteroatoms. The fourth-order valence-electron chi connectivity index (χ4n) is 3.41. The van der Waals surface area contributed by atoms with E-state index in [0.717, 1.165) is 29.3 Å². The van der Waals surface area contributed by atoms with Crippen LogP contribution in [0, 0.1) is 13.8 Å². The average molecular weight is 410 g/mol. The van der Waals surface area contributed by atoms with Crippen molar-refractivity contribution in [3.05, 3.63) is 53.7 Å². The first-order valence-electron chi connectivity index (χ1n) is 9.64. The number of nitrogens with one attached hydrogen (secondary N) is 1. The van der Waals surface area contributed by atoms with Crippen LogP contribution in [0.4, 0.5) is 0 Å². The fourth-order valence-corrected chi connectivity index (χ4v) is 4.75. The van der Waals surface area contributed by atoms with Crippen molar-refractivity contribution in [2.45, 2.75) is 38.5 Å². The third kappa shape index (κ3) is 3.49. The lowest BCUT2D eigenvalue weighted by Gasteiger charge is -2.11. The lowest BCUT2D eigenvalue weighted by Crippen LogP contribution is -2.25. The predicted octanol–water partition coefficient (Wildman–Crippen LogP) is 3.64. The molecule has 29 heavy (non-hydrogen) atoms. The number of rotatable bonds is 6. The molecule has 2 heterocycles. The quantitative estimate of drug-likeness (QED) is 0.491. The molecule has 2 aromatic heterocycles. The number of unbranched alkanes of at least 4 members (excludes halogenated alkanes) is 1. The van der Waals surface area contributed by atoms with E-state index in [-0.39, 0.29) is 4.90 Å². The summed E-state index contributed by atoms with van der Waals surface area (Å²) in [6.45, 7) is 6.17. The molecule has 0 aliphatic carbocycles. The Bertz CT molecular complexity index is 1310. The van der Waals surface area contributed by atoms with Gasteiger partial charge < -0.3 is 0 Å². The van der Waals surface area contributed by atoms with E-state index in [4.69, 9.17) is 0 Å². The van der Waals surface area contributed by atoms with Crippen molar-refractivity contribution in [2.24, 2.45) is 0 Å². The molecule has 0 aliphatic rings. The van der Waals surface area contributed by atoms with Crippen LogP contribution in [-0.2, 0) is 10.0 Å². The number of aryl methyl sites for hydroxylation is 2. The largest absolute Gasteiger partial charge is 0.240 e. The minimum absolute atomic E-state index is 0.250. The third-order valence-electron chi connectivity index (χ3n) is 5.01. The monoisotopic (exact) mass is 409 g/mol. The van der Waals surface area contributed by atoms with Crippen molar-refractivity contribution >= 4 is 26.4 Å². The van der Waals surface area contributed by atoms with Crippen molar-refractivity contribution < 1.29 is 8.42 Å². The van der Waals surface area contributed by atoms with Crippen molar-refractivity contribution in [1.29, 1.82) is 0 Å². The van der Waals surface area contributed by atoms with Gasteiger partial charge in [-0.25, -0.2) is 13.1 Å². The standard InChI is InChI=1S/C21H23N5O2S/c1-4-5-12-22-29(27,28)19-13-16(11-10-14(19)2)20-23-24-21-18-9-7-6-8-17(18)15(3)25-26(20)21/h6-11,13,22H,4-5,12H2,1-3H3. The van der Waals surface area contributed by atoms with E-state index < -0.39 is 10.0 Å². The highest BCUT2D eigenvalue weighted by Crippen LogP contribution is 2.27. The number of hydrogen-bond acceptors (Lipinski definition) is 5. The predicted molar refractivity (Wildman–Crippen MR) is 113 cm³/mol. The Morgan fingerprint density at radius 1 is 1.03 bits per heavy atom. The first-order valence-corrected chi connectivity index (χ1v) is 11.1. The highest BCUT2D eigenvalue weighted by Gasteiger charge is 2.20. The van der Waals surface area contributed by atoms with Gasteiger partial charge in [0, 0.05) is 22.9 Å². The first-order chi connectivity index (χ1) is 13.9. The molecule has 7 nitrogen and oxygen atoms in total. The van der Waals surface area contributed by atoms with Gasteiger partial charge in [0.1, 0.15) is 0 Å². The molecule has 0 spiro atoms. The lowest BCUT2D eigenvalue weighted by atomic mass is 10.1. The number of benzene rings is 2. The number of sulfonamides is 1. The summed E-state index contributed by atoms with van der Waals surface area (Å²) in [5.74, 6) is 0.513. The molecule has 0 atom stereocenters. The Morgan fingerprint density at radius 2 is 1.79 bits per heavy atom. The second-order valence-electron chi connectivity index (χ2n) is 7.12. The molecule has 0 radical (unpaired) electrons. The summed E-state index contributed by atoms with van der Waals surface area (Å²) in [6.07, 6.45) is 1.72. The summed E-state index contributed by atoms with van der Waals surface area (Å²) in [6, 6.07) is 13.2. The number of hydrogen-bond donors (Lipinski definition) is 1. The van der Waals surface area contributed by atoms with E-state index in [0.29, 0.717) is 29.1 Å².